The van der Waals surface area contributed by atoms with E-state index in [4.69, 9.17) is 21.3 Å². The summed E-state index contributed by atoms with van der Waals surface area (Å²) in [6, 6.07) is 2.35. The molecule has 7 heteroatoms. The van der Waals surface area contributed by atoms with E-state index in [1.807, 2.05) is 6.92 Å². The first-order chi connectivity index (χ1) is 9.43. The summed E-state index contributed by atoms with van der Waals surface area (Å²) in [5.74, 6) is -1.23. The summed E-state index contributed by atoms with van der Waals surface area (Å²) in [6.07, 6.45) is -0.389. The number of aliphatic hydroxyl groups excluding tert-OH is 1. The maximum absolute atomic E-state index is 14.1. The highest BCUT2D eigenvalue weighted by atomic mass is 19.1. The zero-order valence-corrected chi connectivity index (χ0v) is 11.2. The van der Waals surface area contributed by atoms with Crippen LogP contribution in [0.5, 0.6) is 0 Å². The predicted octanol–water partition coefficient (Wildman–Crippen LogP) is 0.0928. The van der Waals surface area contributed by atoms with Crippen molar-refractivity contribution in [1.82, 2.24) is 0 Å². The van der Waals surface area contributed by atoms with Gasteiger partial charge in [-0.25, -0.2) is 4.39 Å². The molecule has 0 bridgehead atoms. The van der Waals surface area contributed by atoms with Gasteiger partial charge in [-0.2, -0.15) is 0 Å². The van der Waals surface area contributed by atoms with Gasteiger partial charge in [0.25, 0.3) is 5.91 Å². The first-order valence-corrected chi connectivity index (χ1v) is 6.32. The van der Waals surface area contributed by atoms with Crippen LogP contribution in [0, 0.1) is 5.82 Å². The fourth-order valence-corrected chi connectivity index (χ4v) is 2.27. The molecule has 0 saturated carbocycles. The van der Waals surface area contributed by atoms with E-state index in [9.17, 15) is 9.18 Å². The molecular formula is C13H18FN3O3. The molecule has 2 atom stereocenters. The Morgan fingerprint density at radius 2 is 2.30 bits per heavy atom. The smallest absolute Gasteiger partial charge is 0.250 e. The number of anilines is 2. The molecule has 1 aliphatic rings. The van der Waals surface area contributed by atoms with Gasteiger partial charge in [0.05, 0.1) is 30.6 Å². The number of carbonyl (C=O) groups is 1. The lowest BCUT2D eigenvalue weighted by molar-refractivity contribution is -0.0105. The van der Waals surface area contributed by atoms with Crippen LogP contribution in [-0.2, 0) is 4.74 Å². The molecule has 0 radical (unpaired) electrons. The average Bonchev–Trinajstić information content (AvgIpc) is 2.39. The summed E-state index contributed by atoms with van der Waals surface area (Å²) < 4.78 is 19.5. The summed E-state index contributed by atoms with van der Waals surface area (Å²) in [6.45, 7) is 2.41. The molecular weight excluding hydrogens is 265 g/mol. The van der Waals surface area contributed by atoms with Crippen LogP contribution in [0.1, 0.15) is 17.3 Å². The number of ether oxygens (including phenoxy) is 1. The number of primary amides is 1. The number of aliphatic hydroxyl groups is 1. The molecule has 1 amide bonds. The highest BCUT2D eigenvalue weighted by molar-refractivity contribution is 5.99. The summed E-state index contributed by atoms with van der Waals surface area (Å²) in [5.41, 5.74) is 11.1. The third-order valence-electron chi connectivity index (χ3n) is 3.40. The molecule has 110 valence electrons. The Balaban J connectivity index is 2.40. The standard InChI is InChI=1S/C13H18FN3O3/c1-7-6-20-8(5-18)4-17(7)12-2-9(13(16)19)11(15)3-10(12)14/h2-3,7-8,18H,4-6,15H2,1H3,(H2,16,19). The van der Waals surface area contributed by atoms with Gasteiger partial charge in [0.1, 0.15) is 5.82 Å². The number of rotatable bonds is 3. The van der Waals surface area contributed by atoms with Crippen LogP contribution >= 0.6 is 0 Å². The van der Waals surface area contributed by atoms with Gasteiger partial charge in [-0.1, -0.05) is 0 Å². The lowest BCUT2D eigenvalue weighted by Gasteiger charge is -2.39. The lowest BCUT2D eigenvalue weighted by Crippen LogP contribution is -2.50. The minimum absolute atomic E-state index is 0.0124. The normalized spacial score (nSPS) is 22.9. The molecule has 5 N–H and O–H groups in total. The molecule has 0 aliphatic carbocycles. The van der Waals surface area contributed by atoms with Crippen LogP contribution in [0.2, 0.25) is 0 Å². The highest BCUT2D eigenvalue weighted by Crippen LogP contribution is 2.29. The zero-order valence-electron chi connectivity index (χ0n) is 11.2. The van der Waals surface area contributed by atoms with Gasteiger partial charge in [0.15, 0.2) is 0 Å². The molecule has 0 aromatic heterocycles. The second-order valence-corrected chi connectivity index (χ2v) is 4.89. The molecule has 0 spiro atoms. The minimum Gasteiger partial charge on any atom is -0.398 e. The molecule has 1 aromatic carbocycles. The van der Waals surface area contributed by atoms with Gasteiger partial charge in [0.2, 0.25) is 0 Å². The van der Waals surface area contributed by atoms with Crippen LogP contribution in [0.4, 0.5) is 15.8 Å². The average molecular weight is 283 g/mol. The summed E-state index contributed by atoms with van der Waals surface area (Å²) >= 11 is 0. The maximum atomic E-state index is 14.1. The molecule has 20 heavy (non-hydrogen) atoms. The Labute approximate surface area is 116 Å². The highest BCUT2D eigenvalue weighted by Gasteiger charge is 2.28. The van der Waals surface area contributed by atoms with Gasteiger partial charge in [0, 0.05) is 18.3 Å². The van der Waals surface area contributed by atoms with Gasteiger partial charge < -0.3 is 26.2 Å². The van der Waals surface area contributed by atoms with E-state index in [1.54, 1.807) is 4.90 Å². The van der Waals surface area contributed by atoms with Crippen molar-refractivity contribution in [3.05, 3.63) is 23.5 Å². The fraction of sp³-hybridized carbons (Fsp3) is 0.462. The van der Waals surface area contributed by atoms with Crippen molar-refractivity contribution >= 4 is 17.3 Å². The maximum Gasteiger partial charge on any atom is 0.250 e. The van der Waals surface area contributed by atoms with Gasteiger partial charge in [-0.05, 0) is 19.1 Å². The number of carbonyl (C=O) groups excluding carboxylic acids is 1. The second kappa shape index (κ2) is 5.64. The number of nitrogens with two attached hydrogens (primary N) is 2. The molecule has 2 rings (SSSR count). The molecule has 1 aliphatic heterocycles. The monoisotopic (exact) mass is 283 g/mol. The topological polar surface area (TPSA) is 102 Å². The molecule has 1 heterocycles. The second-order valence-electron chi connectivity index (χ2n) is 4.89. The van der Waals surface area contributed by atoms with Gasteiger partial charge in [-0.15, -0.1) is 0 Å². The Morgan fingerprint density at radius 1 is 1.60 bits per heavy atom. The van der Waals surface area contributed by atoms with Crippen LogP contribution in [0.25, 0.3) is 0 Å². The van der Waals surface area contributed by atoms with Gasteiger partial charge >= 0.3 is 0 Å². The molecule has 2 unspecified atom stereocenters. The summed E-state index contributed by atoms with van der Waals surface area (Å²) in [4.78, 5) is 13.0. The van der Waals surface area contributed by atoms with E-state index in [2.05, 4.69) is 0 Å². The Bertz CT molecular complexity index is 524. The SMILES string of the molecule is CC1COC(CO)CN1c1cc(C(N)=O)c(N)cc1F. The van der Waals surface area contributed by atoms with E-state index in [1.165, 1.54) is 6.07 Å². The predicted molar refractivity (Wildman–Crippen MR) is 73.0 cm³/mol. The lowest BCUT2D eigenvalue weighted by atomic mass is 10.1. The van der Waals surface area contributed by atoms with E-state index < -0.39 is 11.7 Å². The fourth-order valence-electron chi connectivity index (χ4n) is 2.27. The van der Waals surface area contributed by atoms with Crippen LogP contribution in [0.3, 0.4) is 0 Å². The van der Waals surface area contributed by atoms with Gasteiger partial charge in [-0.3, -0.25) is 4.79 Å². The van der Waals surface area contributed by atoms with E-state index >= 15 is 0 Å². The number of nitrogens with zero attached hydrogens (tertiary/aromatic N) is 1. The van der Waals surface area contributed by atoms with E-state index in [-0.39, 0.29) is 35.7 Å². The van der Waals surface area contributed by atoms with Crippen molar-refractivity contribution in [2.75, 3.05) is 30.4 Å². The van der Waals surface area contributed by atoms with E-state index in [0.29, 0.717) is 13.2 Å². The van der Waals surface area contributed by atoms with Crippen LogP contribution < -0.4 is 16.4 Å². The Kier molecular flexibility index (Phi) is 4.10. The van der Waals surface area contributed by atoms with Crippen molar-refractivity contribution in [3.8, 4) is 0 Å². The third-order valence-corrected chi connectivity index (χ3v) is 3.40. The zero-order chi connectivity index (χ0) is 14.9. The van der Waals surface area contributed by atoms with Crippen molar-refractivity contribution in [2.24, 2.45) is 5.73 Å². The first kappa shape index (κ1) is 14.5. The number of benzene rings is 1. The molecule has 1 saturated heterocycles. The summed E-state index contributed by atoms with van der Waals surface area (Å²) in [5, 5.41) is 9.16. The molecule has 6 nitrogen and oxygen atoms in total. The minimum atomic E-state index is -0.705. The van der Waals surface area contributed by atoms with Crippen LogP contribution in [-0.4, -0.2) is 42.9 Å². The molecule has 1 fully saturated rings. The number of hydrogen-bond donors (Lipinski definition) is 3. The van der Waals surface area contributed by atoms with Crippen molar-refractivity contribution < 1.29 is 19.0 Å². The number of morpholine rings is 1. The number of hydrogen-bond acceptors (Lipinski definition) is 5. The Morgan fingerprint density at radius 3 is 2.90 bits per heavy atom. The van der Waals surface area contributed by atoms with Crippen molar-refractivity contribution in [1.29, 1.82) is 0 Å². The largest absolute Gasteiger partial charge is 0.398 e. The molecule has 1 aromatic rings. The number of amides is 1. The third kappa shape index (κ3) is 2.68. The number of halogens is 1. The first-order valence-electron chi connectivity index (χ1n) is 6.32. The Hall–Kier alpha value is -1.86. The van der Waals surface area contributed by atoms with E-state index in [0.717, 1.165) is 6.07 Å². The quantitative estimate of drug-likeness (QED) is 0.683. The van der Waals surface area contributed by atoms with Crippen molar-refractivity contribution in [2.45, 2.75) is 19.1 Å². The van der Waals surface area contributed by atoms with Crippen molar-refractivity contribution in [3.63, 3.8) is 0 Å². The number of nitrogen functional groups attached to an aromatic ring is 1. The van der Waals surface area contributed by atoms with Crippen LogP contribution in [0.15, 0.2) is 12.1 Å². The summed E-state index contributed by atoms with van der Waals surface area (Å²) in [7, 11) is 0.